The Labute approximate surface area is 167 Å². The molecule has 3 aliphatic heterocycles. The molecule has 10 heteroatoms. The van der Waals surface area contributed by atoms with Crippen molar-refractivity contribution >= 4 is 23.4 Å². The van der Waals surface area contributed by atoms with Gasteiger partial charge in [-0.3, -0.25) is 14.9 Å². The molecule has 1 unspecified atom stereocenters. The second-order valence-corrected chi connectivity index (χ2v) is 7.45. The summed E-state index contributed by atoms with van der Waals surface area (Å²) in [6.07, 6.45) is 0.00273. The minimum Gasteiger partial charge on any atom is -0.442 e. The van der Waals surface area contributed by atoms with Crippen LogP contribution >= 0.6 is 0 Å². The Hall–Kier alpha value is -2.43. The molecular weight excluding hydrogens is 385 g/mol. The van der Waals surface area contributed by atoms with Crippen LogP contribution in [0.5, 0.6) is 0 Å². The normalized spacial score (nSPS) is 23.6. The number of ether oxygens (including phenoxy) is 3. The van der Waals surface area contributed by atoms with E-state index in [4.69, 9.17) is 14.2 Å². The lowest BCUT2D eigenvalue weighted by Crippen LogP contribution is -2.45. The smallest absolute Gasteiger partial charge is 0.414 e. The number of benzene rings is 1. The first-order chi connectivity index (χ1) is 13.9. The highest BCUT2D eigenvalue weighted by Gasteiger charge is 2.40. The largest absolute Gasteiger partial charge is 0.442 e. The zero-order valence-corrected chi connectivity index (χ0v) is 16.2. The molecular formula is C19H24FN3O6. The summed E-state index contributed by atoms with van der Waals surface area (Å²) in [5, 5.41) is 10.0. The van der Waals surface area contributed by atoms with E-state index in [9.17, 15) is 19.2 Å². The van der Waals surface area contributed by atoms with Crippen molar-refractivity contribution in [3.05, 3.63) is 24.0 Å². The summed E-state index contributed by atoms with van der Waals surface area (Å²) in [7, 11) is 0. The molecule has 1 atom stereocenters. The van der Waals surface area contributed by atoms with E-state index in [1.165, 1.54) is 17.9 Å². The standard InChI is InChI=1S/C19H24FN3O6/c1-13(24)23(26)12-15-11-22(18(25)29-15)14-2-3-17(16(20)10-14)21-6-4-19(5-7-21)27-8-9-28-19/h2-3,10,15,26H,4-9,11-12H2,1H3. The molecule has 1 aromatic rings. The zero-order chi connectivity index (χ0) is 20.6. The van der Waals surface area contributed by atoms with Crippen molar-refractivity contribution in [3.8, 4) is 0 Å². The quantitative estimate of drug-likeness (QED) is 0.598. The van der Waals surface area contributed by atoms with Crippen LogP contribution < -0.4 is 9.80 Å². The summed E-state index contributed by atoms with van der Waals surface area (Å²) < 4.78 is 31.4. The molecule has 3 aliphatic rings. The number of amides is 2. The molecule has 2 amide bonds. The van der Waals surface area contributed by atoms with Crippen molar-refractivity contribution in [2.24, 2.45) is 0 Å². The van der Waals surface area contributed by atoms with E-state index in [1.807, 2.05) is 4.90 Å². The van der Waals surface area contributed by atoms with Crippen molar-refractivity contribution < 1.29 is 33.4 Å². The number of piperidine rings is 1. The molecule has 3 fully saturated rings. The van der Waals surface area contributed by atoms with Gasteiger partial charge in [0.15, 0.2) is 5.79 Å². The summed E-state index contributed by atoms with van der Waals surface area (Å²) in [6, 6.07) is 4.61. The van der Waals surface area contributed by atoms with Gasteiger partial charge in [0.25, 0.3) is 0 Å². The molecule has 3 heterocycles. The molecule has 0 aromatic heterocycles. The molecule has 29 heavy (non-hydrogen) atoms. The molecule has 158 valence electrons. The number of hydroxylamine groups is 2. The third-order valence-electron chi connectivity index (χ3n) is 5.54. The van der Waals surface area contributed by atoms with Crippen molar-refractivity contribution in [1.29, 1.82) is 0 Å². The van der Waals surface area contributed by atoms with Gasteiger partial charge >= 0.3 is 6.09 Å². The molecule has 0 radical (unpaired) electrons. The third kappa shape index (κ3) is 4.00. The lowest BCUT2D eigenvalue weighted by molar-refractivity contribution is -0.169. The van der Waals surface area contributed by atoms with Crippen molar-refractivity contribution in [2.75, 3.05) is 49.2 Å². The summed E-state index contributed by atoms with van der Waals surface area (Å²) in [5.41, 5.74) is 0.825. The molecule has 1 aromatic carbocycles. The molecule has 0 saturated carbocycles. The average molecular weight is 409 g/mol. The molecule has 0 aliphatic carbocycles. The van der Waals surface area contributed by atoms with E-state index < -0.39 is 29.7 Å². The van der Waals surface area contributed by atoms with Crippen LogP contribution in [0, 0.1) is 5.82 Å². The fourth-order valence-electron chi connectivity index (χ4n) is 3.94. The summed E-state index contributed by atoms with van der Waals surface area (Å²) >= 11 is 0. The maximum absolute atomic E-state index is 14.8. The second-order valence-electron chi connectivity index (χ2n) is 7.45. The molecule has 1 N–H and O–H groups in total. The Kier molecular flexibility index (Phi) is 5.32. The van der Waals surface area contributed by atoms with Crippen molar-refractivity contribution in [2.45, 2.75) is 31.7 Å². The van der Waals surface area contributed by atoms with Crippen LogP contribution in [0.25, 0.3) is 0 Å². The van der Waals surface area contributed by atoms with Crippen LogP contribution in [-0.2, 0) is 19.0 Å². The number of cyclic esters (lactones) is 1. The van der Waals surface area contributed by atoms with Gasteiger partial charge < -0.3 is 19.1 Å². The van der Waals surface area contributed by atoms with E-state index in [1.54, 1.807) is 12.1 Å². The predicted octanol–water partition coefficient (Wildman–Crippen LogP) is 1.73. The van der Waals surface area contributed by atoms with Gasteiger partial charge in [-0.25, -0.2) is 14.2 Å². The molecule has 3 saturated heterocycles. The van der Waals surface area contributed by atoms with Crippen molar-refractivity contribution in [3.63, 3.8) is 0 Å². The molecule has 0 bridgehead atoms. The maximum Gasteiger partial charge on any atom is 0.414 e. The summed E-state index contributed by atoms with van der Waals surface area (Å²) in [5.74, 6) is -1.51. The Morgan fingerprint density at radius 2 is 2.00 bits per heavy atom. The van der Waals surface area contributed by atoms with Crippen LogP contribution in [0.15, 0.2) is 18.2 Å². The summed E-state index contributed by atoms with van der Waals surface area (Å²) in [4.78, 5) is 26.5. The number of anilines is 2. The predicted molar refractivity (Wildman–Crippen MR) is 99.3 cm³/mol. The highest BCUT2D eigenvalue weighted by molar-refractivity contribution is 5.90. The lowest BCUT2D eigenvalue weighted by Gasteiger charge is -2.38. The molecule has 4 rings (SSSR count). The fourth-order valence-corrected chi connectivity index (χ4v) is 3.94. The van der Waals surface area contributed by atoms with E-state index >= 15 is 0 Å². The first-order valence-corrected chi connectivity index (χ1v) is 9.64. The lowest BCUT2D eigenvalue weighted by atomic mass is 10.0. The number of hydrogen-bond donors (Lipinski definition) is 1. The van der Waals surface area contributed by atoms with Gasteiger partial charge in [0.2, 0.25) is 5.91 Å². The van der Waals surface area contributed by atoms with E-state index in [-0.39, 0.29) is 13.1 Å². The molecule has 9 nitrogen and oxygen atoms in total. The van der Waals surface area contributed by atoms with Crippen LogP contribution in [0.3, 0.4) is 0 Å². The van der Waals surface area contributed by atoms with Gasteiger partial charge in [-0.05, 0) is 18.2 Å². The number of nitrogens with zero attached hydrogens (tertiary/aromatic N) is 3. The number of hydrogen-bond acceptors (Lipinski definition) is 7. The average Bonchev–Trinajstić information content (AvgIpc) is 3.29. The number of halogens is 1. The van der Waals surface area contributed by atoms with Gasteiger partial charge in [-0.2, -0.15) is 0 Å². The Morgan fingerprint density at radius 3 is 2.62 bits per heavy atom. The van der Waals surface area contributed by atoms with Gasteiger partial charge in [-0.1, -0.05) is 0 Å². The first-order valence-electron chi connectivity index (χ1n) is 9.64. The Morgan fingerprint density at radius 1 is 1.31 bits per heavy atom. The first kappa shape index (κ1) is 19.9. The Balaban J connectivity index is 1.41. The minimum absolute atomic E-state index is 0.114. The van der Waals surface area contributed by atoms with Crippen LogP contribution in [-0.4, -0.2) is 73.6 Å². The van der Waals surface area contributed by atoms with Crippen LogP contribution in [0.1, 0.15) is 19.8 Å². The SMILES string of the molecule is CC(=O)N(O)CC1CN(c2ccc(N3CCC4(CC3)OCCO4)c(F)c2)C(=O)O1. The van der Waals surface area contributed by atoms with Crippen LogP contribution in [0.4, 0.5) is 20.6 Å². The highest BCUT2D eigenvalue weighted by atomic mass is 19.1. The fraction of sp³-hybridized carbons (Fsp3) is 0.579. The van der Waals surface area contributed by atoms with Crippen LogP contribution in [0.2, 0.25) is 0 Å². The monoisotopic (exact) mass is 409 g/mol. The van der Waals surface area contributed by atoms with Gasteiger partial charge in [-0.15, -0.1) is 0 Å². The molecule has 1 spiro atoms. The topological polar surface area (TPSA) is 91.8 Å². The van der Waals surface area contributed by atoms with Crippen molar-refractivity contribution in [1.82, 2.24) is 5.06 Å². The number of carbonyl (C=O) groups is 2. The van der Waals surface area contributed by atoms with E-state index in [0.717, 1.165) is 0 Å². The van der Waals surface area contributed by atoms with E-state index in [2.05, 4.69) is 0 Å². The highest BCUT2D eigenvalue weighted by Crippen LogP contribution is 2.35. The number of carbonyl (C=O) groups excluding carboxylic acids is 2. The third-order valence-corrected chi connectivity index (χ3v) is 5.54. The second kappa shape index (κ2) is 7.77. The van der Waals surface area contributed by atoms with Gasteiger partial charge in [0.1, 0.15) is 11.9 Å². The van der Waals surface area contributed by atoms with E-state index in [0.29, 0.717) is 55.6 Å². The van der Waals surface area contributed by atoms with Gasteiger partial charge in [0, 0.05) is 32.9 Å². The van der Waals surface area contributed by atoms with Gasteiger partial charge in [0.05, 0.1) is 37.7 Å². The Bertz CT molecular complexity index is 790. The maximum atomic E-state index is 14.8. The zero-order valence-electron chi connectivity index (χ0n) is 16.2. The minimum atomic E-state index is -0.691. The number of rotatable bonds is 4. The summed E-state index contributed by atoms with van der Waals surface area (Å²) in [6.45, 7) is 3.59.